The highest BCUT2D eigenvalue weighted by Gasteiger charge is 2.50. The first kappa shape index (κ1) is 71.0. The van der Waals surface area contributed by atoms with E-state index in [1.54, 1.807) is 19.2 Å². The van der Waals surface area contributed by atoms with E-state index in [0.29, 0.717) is 28.6 Å². The molecule has 3 saturated heterocycles. The standard InChI is InChI=1S/C62H87N11O17S/c1-34-32-73-52(53(34)80)58(85)65-31-40(75)29-43(66-54(81)37-12-14-38(15-13-37)59-70-71-60(91-59)39-16-18-42(19-17-39)89-25-9-7-5-4-6-8-24-88-3)55(82)67-49(35(2)74)61(86)72-33-41(76)30-44(72)56(83)68-50(57(84)69-51(62(73)87)46(78)21-23-64)47(79)27-36-11-20-45(77)48(28-36)90-26-10-22-63/h11-20,28,34-35,40-41,43-44,46-47,49-53,74-80H,4-10,21-27,29-33,63-64H2,1-3H3,(H,65,85)(H,66,81)(H,67,82)(H,68,83)(H,69,84)/t34-,35+,40+,41+,43-,44-,46+,47+,49-,50-,51-,52-,53-/m0/s1. The number of hydrogen-bond donors (Lipinski definition) is 14. The Balaban J connectivity index is 1.13. The second-order valence-corrected chi connectivity index (χ2v) is 24.3. The minimum atomic E-state index is -2.04. The number of β-amino-alcohol motifs (C(OH)–C–C–N with tert-alkyl or cyclic N) is 1. The van der Waals surface area contributed by atoms with Crippen molar-refractivity contribution in [3.63, 3.8) is 0 Å². The molecule has 3 fully saturated rings. The third-order valence-corrected chi connectivity index (χ3v) is 17.2. The Kier molecular flexibility index (Phi) is 26.7. The van der Waals surface area contributed by atoms with E-state index >= 15 is 0 Å². The molecule has 0 radical (unpaired) electrons. The van der Waals surface area contributed by atoms with E-state index in [9.17, 15) is 69.3 Å². The SMILES string of the molecule is COCCCCCCCCOc1ccc(-c2nnc(-c3ccc(C(=O)N[C@H]4C[C@@H](O)CNC(=O)[C@@H]5[C@@H](O)[C@@H](C)CN5C(=O)[C@H]([C@H](O)CCN)NC(=O)[C@H]([C@H](O)Cc5ccc(O)c(OCCCN)c5)NC(=O)[C@@H]5C[C@@H](O)CN5C(=O)[C@H]([C@@H](C)O)NC4=O)cc3)s2)cc1. The Labute approximate surface area is 531 Å². The van der Waals surface area contributed by atoms with Crippen LogP contribution in [0.4, 0.5) is 0 Å². The molecule has 4 aromatic rings. The average Bonchev–Trinajstić information content (AvgIpc) is 1.75. The van der Waals surface area contributed by atoms with Crippen LogP contribution in [-0.4, -0.2) is 230 Å². The normalized spacial score (nSPS) is 24.8. The predicted octanol–water partition coefficient (Wildman–Crippen LogP) is -1.03. The number of nitrogens with zero attached hydrogens (tertiary/aromatic N) is 4. The van der Waals surface area contributed by atoms with E-state index < -0.39 is 152 Å². The Hall–Kier alpha value is -7.45. The number of methoxy groups -OCH3 is 1. The molecule has 0 aliphatic carbocycles. The van der Waals surface area contributed by atoms with Crippen LogP contribution in [0.3, 0.4) is 0 Å². The summed E-state index contributed by atoms with van der Waals surface area (Å²) in [6, 6.07) is 6.78. The van der Waals surface area contributed by atoms with Gasteiger partial charge in [0.25, 0.3) is 5.91 Å². The number of unbranched alkanes of at least 4 members (excludes halogenated alkanes) is 5. The van der Waals surface area contributed by atoms with E-state index in [0.717, 1.165) is 73.2 Å². The maximum Gasteiger partial charge on any atom is 0.251 e. The van der Waals surface area contributed by atoms with E-state index in [1.807, 2.05) is 24.3 Å². The Morgan fingerprint density at radius 1 is 0.692 bits per heavy atom. The summed E-state index contributed by atoms with van der Waals surface area (Å²) >= 11 is 1.31. The predicted molar refractivity (Wildman–Crippen MR) is 332 cm³/mol. The number of rotatable bonds is 25. The molecule has 4 heterocycles. The molecular formula is C62H87N11O17S. The van der Waals surface area contributed by atoms with Gasteiger partial charge in [0, 0.05) is 75.2 Å². The molecule has 0 saturated carbocycles. The summed E-state index contributed by atoms with van der Waals surface area (Å²) in [7, 11) is 1.71. The molecule has 0 bridgehead atoms. The van der Waals surface area contributed by atoms with Gasteiger partial charge in [-0.3, -0.25) is 33.6 Å². The molecule has 0 unspecified atom stereocenters. The first-order valence-corrected chi connectivity index (χ1v) is 31.6. The van der Waals surface area contributed by atoms with Gasteiger partial charge >= 0.3 is 0 Å². The molecular weight excluding hydrogens is 1200 g/mol. The van der Waals surface area contributed by atoms with Crippen LogP contribution in [0.5, 0.6) is 17.2 Å². The highest BCUT2D eigenvalue weighted by molar-refractivity contribution is 7.17. The van der Waals surface area contributed by atoms with Crippen LogP contribution < -0.4 is 47.5 Å². The molecule has 3 aromatic carbocycles. The van der Waals surface area contributed by atoms with Crippen LogP contribution >= 0.6 is 11.3 Å². The zero-order valence-electron chi connectivity index (χ0n) is 51.4. The van der Waals surface area contributed by atoms with Gasteiger partial charge in [0.2, 0.25) is 35.4 Å². The van der Waals surface area contributed by atoms with E-state index in [-0.39, 0.29) is 55.3 Å². The number of nitrogens with two attached hydrogens (primary N) is 2. The number of benzene rings is 3. The lowest BCUT2D eigenvalue weighted by atomic mass is 9.98. The van der Waals surface area contributed by atoms with Gasteiger partial charge in [0.15, 0.2) is 11.5 Å². The van der Waals surface area contributed by atoms with E-state index in [4.69, 9.17) is 25.7 Å². The average molecular weight is 1290 g/mol. The van der Waals surface area contributed by atoms with Crippen molar-refractivity contribution in [2.45, 2.75) is 157 Å². The fourth-order valence-corrected chi connectivity index (χ4v) is 11.9. The monoisotopic (exact) mass is 1290 g/mol. The van der Waals surface area contributed by atoms with Gasteiger partial charge in [-0.2, -0.15) is 0 Å². The summed E-state index contributed by atoms with van der Waals surface area (Å²) < 4.78 is 16.7. The van der Waals surface area contributed by atoms with Crippen molar-refractivity contribution in [2.75, 3.05) is 59.7 Å². The van der Waals surface area contributed by atoms with Crippen LogP contribution in [0, 0.1) is 5.92 Å². The molecule has 1 aromatic heterocycles. The number of aliphatic hydroxyl groups excluding tert-OH is 6. The highest BCUT2D eigenvalue weighted by Crippen LogP contribution is 2.33. The van der Waals surface area contributed by atoms with Gasteiger partial charge in [-0.1, -0.05) is 62.1 Å². The second kappa shape index (κ2) is 34.3. The van der Waals surface area contributed by atoms with Gasteiger partial charge in [-0.15, -0.1) is 10.2 Å². The molecule has 13 atom stereocenters. The summed E-state index contributed by atoms with van der Waals surface area (Å²) in [5.74, 6) is -7.86. The molecule has 7 rings (SSSR count). The van der Waals surface area contributed by atoms with Crippen LogP contribution in [-0.2, 0) is 39.9 Å². The molecule has 3 aliphatic rings. The maximum atomic E-state index is 14.7. The molecule has 7 amide bonds. The minimum absolute atomic E-state index is 0.00328. The van der Waals surface area contributed by atoms with Crippen molar-refractivity contribution in [3.8, 4) is 38.4 Å². The van der Waals surface area contributed by atoms with Gasteiger partial charge < -0.3 is 97.8 Å². The number of phenolic OH excluding ortho intramolecular Hbond substituents is 1. The largest absolute Gasteiger partial charge is 0.504 e. The fourth-order valence-electron chi connectivity index (χ4n) is 11.1. The van der Waals surface area contributed by atoms with Crippen molar-refractivity contribution in [1.82, 2.24) is 46.6 Å². The summed E-state index contributed by atoms with van der Waals surface area (Å²) in [5.41, 5.74) is 13.1. The number of phenols is 1. The first-order valence-electron chi connectivity index (χ1n) is 30.8. The van der Waals surface area contributed by atoms with Crippen LogP contribution in [0.2, 0.25) is 0 Å². The number of carbonyl (C=O) groups excluding carboxylic acids is 7. The number of carbonyl (C=O) groups is 7. The molecule has 3 aliphatic heterocycles. The number of aromatic nitrogens is 2. The molecule has 91 heavy (non-hydrogen) atoms. The lowest BCUT2D eigenvalue weighted by molar-refractivity contribution is -0.147. The molecule has 498 valence electrons. The smallest absolute Gasteiger partial charge is 0.251 e. The van der Waals surface area contributed by atoms with Crippen molar-refractivity contribution in [3.05, 3.63) is 77.9 Å². The molecule has 29 heteroatoms. The number of amides is 7. The summed E-state index contributed by atoms with van der Waals surface area (Å²) in [6.07, 6.45) is -4.88. The van der Waals surface area contributed by atoms with Crippen molar-refractivity contribution >= 4 is 52.7 Å². The lowest BCUT2D eigenvalue weighted by Gasteiger charge is -2.34. The highest BCUT2D eigenvalue weighted by atomic mass is 32.1. The van der Waals surface area contributed by atoms with E-state index in [1.165, 1.54) is 48.6 Å². The third-order valence-electron chi connectivity index (χ3n) is 16.2. The summed E-state index contributed by atoms with van der Waals surface area (Å²) in [5, 5.41) is 101. The number of ether oxygens (including phenoxy) is 3. The van der Waals surface area contributed by atoms with Crippen molar-refractivity contribution in [1.29, 1.82) is 0 Å². The zero-order chi connectivity index (χ0) is 65.9. The molecule has 16 N–H and O–H groups in total. The van der Waals surface area contributed by atoms with Crippen LogP contribution in [0.15, 0.2) is 66.7 Å². The number of hydrogen-bond acceptors (Lipinski definition) is 22. The van der Waals surface area contributed by atoms with Crippen LogP contribution in [0.25, 0.3) is 21.1 Å². The number of aromatic hydroxyl groups is 1. The summed E-state index contributed by atoms with van der Waals surface area (Å²) in [6.45, 7) is 2.78. The number of fused-ring (bicyclic) bond motifs is 2. The second-order valence-electron chi connectivity index (χ2n) is 23.3. The lowest BCUT2D eigenvalue weighted by Crippen LogP contribution is -2.64. The minimum Gasteiger partial charge on any atom is -0.504 e. The van der Waals surface area contributed by atoms with Gasteiger partial charge in [-0.05, 0) is 99.8 Å². The Morgan fingerprint density at radius 2 is 1.31 bits per heavy atom. The van der Waals surface area contributed by atoms with Crippen molar-refractivity contribution in [2.24, 2.45) is 17.4 Å². The van der Waals surface area contributed by atoms with Gasteiger partial charge in [0.05, 0.1) is 49.8 Å². The zero-order valence-corrected chi connectivity index (χ0v) is 52.2. The Bertz CT molecular complexity index is 3070. The Morgan fingerprint density at radius 3 is 1.96 bits per heavy atom. The third kappa shape index (κ3) is 19.3. The molecule has 28 nitrogen and oxygen atoms in total. The number of aliphatic hydroxyl groups is 6. The fraction of sp³-hybridized carbons (Fsp3) is 0.565. The van der Waals surface area contributed by atoms with Crippen LogP contribution in [0.1, 0.15) is 94.0 Å². The molecule has 0 spiro atoms. The van der Waals surface area contributed by atoms with Gasteiger partial charge in [-0.25, -0.2) is 0 Å². The van der Waals surface area contributed by atoms with E-state index in [2.05, 4.69) is 36.8 Å². The summed E-state index contributed by atoms with van der Waals surface area (Å²) in [4.78, 5) is 103. The topological polar surface area (TPSA) is 433 Å². The van der Waals surface area contributed by atoms with Gasteiger partial charge in [0.1, 0.15) is 52.0 Å². The first-order chi connectivity index (χ1) is 43.6. The van der Waals surface area contributed by atoms with Crippen molar-refractivity contribution < 1.29 is 83.5 Å². The number of nitrogens with one attached hydrogen (secondary N) is 5. The maximum absolute atomic E-state index is 14.7. The quantitative estimate of drug-likeness (QED) is 0.0353.